The van der Waals surface area contributed by atoms with Gasteiger partial charge in [0.2, 0.25) is 0 Å². The fraction of sp³-hybridized carbons (Fsp3) is 0.467. The molecule has 6 nitrogen and oxygen atoms in total. The number of para-hydroxylation sites is 1. The Labute approximate surface area is 140 Å². The second kappa shape index (κ2) is 7.71. The van der Waals surface area contributed by atoms with Gasteiger partial charge in [0, 0.05) is 23.4 Å². The van der Waals surface area contributed by atoms with Crippen LogP contribution < -0.4 is 14.8 Å². The van der Waals surface area contributed by atoms with Gasteiger partial charge in [-0.05, 0) is 6.92 Å². The van der Waals surface area contributed by atoms with Gasteiger partial charge in [-0.25, -0.2) is 0 Å². The number of alkyl halides is 1. The molecule has 0 spiro atoms. The molecule has 0 aliphatic carbocycles. The lowest BCUT2D eigenvalue weighted by Crippen LogP contribution is -2.48. The molecule has 0 bridgehead atoms. The van der Waals surface area contributed by atoms with Crippen molar-refractivity contribution in [2.75, 3.05) is 39.6 Å². The molecule has 0 N–H and O–H groups in total. The van der Waals surface area contributed by atoms with E-state index in [1.54, 1.807) is 14.1 Å². The number of quaternary nitrogens is 2. The molecule has 0 amide bonds. The van der Waals surface area contributed by atoms with Crippen molar-refractivity contribution in [1.29, 1.82) is 0 Å². The Bertz CT molecular complexity index is 546. The van der Waals surface area contributed by atoms with Crippen LogP contribution in [0.15, 0.2) is 40.5 Å². The molecule has 1 unspecified atom stereocenters. The summed E-state index contributed by atoms with van der Waals surface area (Å²) >= 11 is 3.06. The zero-order chi connectivity index (χ0) is 16.8. The standard InChI is InChI=1S/C15H23BrN4O2/c1-5-20(4,13-9-7-6-8-10-13)18-15(22)12-19(2,3)17-14(21)11-16/h6-10H,5,11-12H2,1-4H3. The van der Waals surface area contributed by atoms with Crippen molar-refractivity contribution in [3.8, 4) is 0 Å². The van der Waals surface area contributed by atoms with E-state index in [2.05, 4.69) is 26.1 Å². The predicted molar refractivity (Wildman–Crippen MR) is 90.3 cm³/mol. The Morgan fingerprint density at radius 2 is 1.64 bits per heavy atom. The van der Waals surface area contributed by atoms with Crippen LogP contribution in [0.4, 0.5) is 5.69 Å². The third kappa shape index (κ3) is 5.40. The van der Waals surface area contributed by atoms with Crippen LogP contribution in [-0.2, 0) is 0 Å². The molecule has 1 aromatic carbocycles. The summed E-state index contributed by atoms with van der Waals surface area (Å²) < 4.78 is 0.108. The van der Waals surface area contributed by atoms with E-state index in [-0.39, 0.29) is 32.9 Å². The lowest BCUT2D eigenvalue weighted by Gasteiger charge is -2.31. The number of nitrogens with zero attached hydrogens (tertiary/aromatic N) is 4. The number of hydrogen-bond acceptors (Lipinski definition) is 4. The van der Waals surface area contributed by atoms with Crippen molar-refractivity contribution in [3.05, 3.63) is 30.3 Å². The molecule has 0 aliphatic heterocycles. The highest BCUT2D eigenvalue weighted by molar-refractivity contribution is 9.09. The highest BCUT2D eigenvalue weighted by Crippen LogP contribution is 2.20. The van der Waals surface area contributed by atoms with E-state index in [0.29, 0.717) is 6.54 Å². The Morgan fingerprint density at radius 3 is 2.14 bits per heavy atom. The smallest absolute Gasteiger partial charge is 0.158 e. The van der Waals surface area contributed by atoms with Crippen LogP contribution in [0.2, 0.25) is 0 Å². The zero-order valence-electron chi connectivity index (χ0n) is 13.5. The van der Waals surface area contributed by atoms with Crippen molar-refractivity contribution >= 4 is 33.4 Å². The molecule has 0 radical (unpaired) electrons. The van der Waals surface area contributed by atoms with Crippen LogP contribution in [0, 0.1) is 0 Å². The SMILES string of the molecule is CC[N+](C)(/N=C(/[O-])C[N+](C)(C)/N=C(/[O-])CBr)c1ccccc1. The van der Waals surface area contributed by atoms with E-state index in [1.807, 2.05) is 44.3 Å². The summed E-state index contributed by atoms with van der Waals surface area (Å²) in [5, 5.41) is 32.1. The summed E-state index contributed by atoms with van der Waals surface area (Å²) in [6, 6.07) is 9.66. The molecular formula is C15H23BrN4O2. The molecule has 7 heteroatoms. The summed E-state index contributed by atoms with van der Waals surface area (Å²) in [5.74, 6) is -0.585. The fourth-order valence-electron chi connectivity index (χ4n) is 2.03. The average Bonchev–Trinajstić information content (AvgIpc) is 2.46. The normalized spacial score (nSPS) is 16.4. The number of halogens is 1. The van der Waals surface area contributed by atoms with Gasteiger partial charge >= 0.3 is 0 Å². The average molecular weight is 371 g/mol. The van der Waals surface area contributed by atoms with Crippen LogP contribution in [-0.4, -0.2) is 56.0 Å². The molecular weight excluding hydrogens is 348 g/mol. The fourth-order valence-corrected chi connectivity index (χ4v) is 2.15. The van der Waals surface area contributed by atoms with Crippen LogP contribution in [0.3, 0.4) is 0 Å². The molecule has 0 aliphatic rings. The van der Waals surface area contributed by atoms with Crippen molar-refractivity contribution in [2.24, 2.45) is 10.2 Å². The zero-order valence-corrected chi connectivity index (χ0v) is 15.1. The topological polar surface area (TPSA) is 70.8 Å². The van der Waals surface area contributed by atoms with Gasteiger partial charge in [-0.15, -0.1) is 5.10 Å². The Morgan fingerprint density at radius 1 is 1.05 bits per heavy atom. The lowest BCUT2D eigenvalue weighted by molar-refractivity contribution is -0.891. The molecule has 0 saturated carbocycles. The highest BCUT2D eigenvalue weighted by atomic mass is 79.9. The molecule has 1 atom stereocenters. The number of hydrogen-bond donors (Lipinski definition) is 0. The van der Waals surface area contributed by atoms with Gasteiger partial charge < -0.3 is 10.2 Å². The van der Waals surface area contributed by atoms with Gasteiger partial charge in [-0.2, -0.15) is 9.18 Å². The maximum atomic E-state index is 12.3. The van der Waals surface area contributed by atoms with E-state index in [0.717, 1.165) is 5.69 Å². The van der Waals surface area contributed by atoms with Crippen LogP contribution in [0.5, 0.6) is 0 Å². The number of rotatable bonds is 7. The molecule has 0 fully saturated rings. The van der Waals surface area contributed by atoms with E-state index in [9.17, 15) is 10.2 Å². The molecule has 0 aromatic heterocycles. The lowest BCUT2D eigenvalue weighted by atomic mass is 10.3. The summed E-state index contributed by atoms with van der Waals surface area (Å²) in [7, 11) is 5.29. The summed E-state index contributed by atoms with van der Waals surface area (Å²) in [6.45, 7) is 2.67. The highest BCUT2D eigenvalue weighted by Gasteiger charge is 2.23. The quantitative estimate of drug-likeness (QED) is 0.230. The molecule has 1 rings (SSSR count). The van der Waals surface area contributed by atoms with Gasteiger partial charge in [0.05, 0.1) is 27.0 Å². The molecule has 122 valence electrons. The van der Waals surface area contributed by atoms with Crippen molar-refractivity contribution in [1.82, 2.24) is 4.59 Å². The first-order valence-corrected chi connectivity index (χ1v) is 8.17. The largest absolute Gasteiger partial charge is 0.858 e. The summed E-state index contributed by atoms with van der Waals surface area (Å²) in [5.41, 5.74) is 0.942. The van der Waals surface area contributed by atoms with Crippen LogP contribution >= 0.6 is 15.9 Å². The first kappa shape index (κ1) is 18.6. The first-order valence-electron chi connectivity index (χ1n) is 7.05. The maximum absolute atomic E-state index is 12.3. The predicted octanol–water partition coefficient (Wildman–Crippen LogP) is 0.463. The van der Waals surface area contributed by atoms with E-state index in [1.165, 1.54) is 0 Å². The Kier molecular flexibility index (Phi) is 6.52. The van der Waals surface area contributed by atoms with E-state index < -0.39 is 0 Å². The van der Waals surface area contributed by atoms with Crippen LogP contribution in [0.1, 0.15) is 6.92 Å². The molecule has 0 saturated heterocycles. The first-order chi connectivity index (χ1) is 10.2. The minimum atomic E-state index is -0.298. The van der Waals surface area contributed by atoms with Crippen LogP contribution in [0.25, 0.3) is 0 Å². The van der Waals surface area contributed by atoms with Crippen molar-refractivity contribution < 1.29 is 14.8 Å². The molecule has 1 aromatic rings. The number of likely N-dealkylation sites (N-methyl/N-ethyl adjacent to an activating group) is 1. The van der Waals surface area contributed by atoms with Gasteiger partial charge in [0.15, 0.2) is 5.69 Å². The van der Waals surface area contributed by atoms with Crippen molar-refractivity contribution in [3.63, 3.8) is 0 Å². The molecule has 22 heavy (non-hydrogen) atoms. The Balaban J connectivity index is 2.99. The maximum Gasteiger partial charge on any atom is 0.158 e. The monoisotopic (exact) mass is 370 g/mol. The summed E-state index contributed by atoms with van der Waals surface area (Å²) in [6.07, 6.45) is 0. The van der Waals surface area contributed by atoms with Gasteiger partial charge in [0.1, 0.15) is 13.1 Å². The van der Waals surface area contributed by atoms with E-state index >= 15 is 0 Å². The van der Waals surface area contributed by atoms with Gasteiger partial charge in [-0.3, -0.25) is 0 Å². The summed E-state index contributed by atoms with van der Waals surface area (Å²) in [4.78, 5) is 0. The third-order valence-electron chi connectivity index (χ3n) is 3.28. The van der Waals surface area contributed by atoms with Gasteiger partial charge in [-0.1, -0.05) is 39.2 Å². The third-order valence-corrected chi connectivity index (χ3v) is 3.76. The van der Waals surface area contributed by atoms with E-state index in [4.69, 9.17) is 0 Å². The Hall–Kier alpha value is -1.44. The minimum absolute atomic E-state index is 0.0411. The second-order valence-corrected chi connectivity index (χ2v) is 6.25. The van der Waals surface area contributed by atoms with Crippen molar-refractivity contribution in [2.45, 2.75) is 6.92 Å². The van der Waals surface area contributed by atoms with Gasteiger partial charge in [0.25, 0.3) is 0 Å². The second-order valence-electron chi connectivity index (χ2n) is 5.69. The molecule has 0 heterocycles. The minimum Gasteiger partial charge on any atom is -0.858 e. The number of benzene rings is 1.